The molecule has 0 aromatic heterocycles. The Bertz CT molecular complexity index is 295. The van der Waals surface area contributed by atoms with E-state index in [4.69, 9.17) is 0 Å². The third-order valence-corrected chi connectivity index (χ3v) is 2.60. The van der Waals surface area contributed by atoms with Gasteiger partial charge in [-0.05, 0) is 0 Å². The Balaban J connectivity index is 0.000000227. The fourth-order valence-corrected chi connectivity index (χ4v) is 1.48. The fourth-order valence-electron chi connectivity index (χ4n) is 0.973. The molecule has 0 fully saturated rings. The van der Waals surface area contributed by atoms with Crippen molar-refractivity contribution in [3.05, 3.63) is 59.7 Å². The molecule has 2 rings (SSSR count). The Kier molecular flexibility index (Phi) is 8.24. The number of hydrogen-bond donors (Lipinski definition) is 0. The number of hydrogen-bond acceptors (Lipinski definition) is 0. The SMILES string of the molecule is C[c-]1cccc1.IC[c-]1[cH-][cH-][cH-][cH-]1.[Fe]. The summed E-state index contributed by atoms with van der Waals surface area (Å²) in [7, 11) is 0. The summed E-state index contributed by atoms with van der Waals surface area (Å²) in [6.07, 6.45) is 0. The van der Waals surface area contributed by atoms with E-state index in [1.54, 1.807) is 0 Å². The Labute approximate surface area is 110 Å². The van der Waals surface area contributed by atoms with E-state index >= 15 is 0 Å². The summed E-state index contributed by atoms with van der Waals surface area (Å²) < 4.78 is 1.13. The molecule has 0 N–H and O–H groups in total. The van der Waals surface area contributed by atoms with Crippen molar-refractivity contribution in [3.63, 3.8) is 0 Å². The third-order valence-electron chi connectivity index (χ3n) is 1.72. The minimum atomic E-state index is 0. The summed E-state index contributed by atoms with van der Waals surface area (Å²) in [4.78, 5) is 0. The van der Waals surface area contributed by atoms with Crippen LogP contribution in [0.15, 0.2) is 48.5 Å². The van der Waals surface area contributed by atoms with Gasteiger partial charge in [-0.25, -0.2) is 12.1 Å². The molecule has 2 heteroatoms. The van der Waals surface area contributed by atoms with Crippen LogP contribution >= 0.6 is 22.6 Å². The van der Waals surface area contributed by atoms with Crippen LogP contribution in [0.25, 0.3) is 0 Å². The molecular weight excluding hydrogens is 327 g/mol. The van der Waals surface area contributed by atoms with E-state index in [1.165, 1.54) is 11.1 Å². The van der Waals surface area contributed by atoms with Crippen molar-refractivity contribution in [3.8, 4) is 0 Å². The average molecular weight is 340 g/mol. The zero-order chi connectivity index (χ0) is 9.52. The minimum Gasteiger partial charge on any atom is -0.748 e. The number of rotatable bonds is 1. The first-order chi connectivity index (χ1) is 6.33. The zero-order valence-corrected chi connectivity index (χ0v) is 11.3. The average Bonchev–Trinajstić information content (AvgIpc) is 2.76. The predicted molar refractivity (Wildman–Crippen MR) is 66.5 cm³/mol. The van der Waals surface area contributed by atoms with E-state index < -0.39 is 0 Å². The summed E-state index contributed by atoms with van der Waals surface area (Å²) in [6.45, 7) is 2.08. The van der Waals surface area contributed by atoms with Gasteiger partial charge in [0.05, 0.1) is 0 Å². The summed E-state index contributed by atoms with van der Waals surface area (Å²) >= 11 is 2.35. The smallest absolute Gasteiger partial charge is 0 e. The van der Waals surface area contributed by atoms with Gasteiger partial charge in [-0.15, -0.1) is 22.6 Å². The molecule has 2 aromatic carbocycles. The topological polar surface area (TPSA) is 0 Å². The zero-order valence-electron chi connectivity index (χ0n) is 8.06. The van der Waals surface area contributed by atoms with E-state index in [2.05, 4.69) is 65.9 Å². The standard InChI is InChI=1S/C6H6I.C6H7.Fe/c7-5-6-3-1-2-4-6;1-6-4-2-3-5-6;/h1-4H,5H2;2-5H,1H3;/q-5;-1;. The van der Waals surface area contributed by atoms with Gasteiger partial charge in [0.1, 0.15) is 0 Å². The fraction of sp³-hybridized carbons (Fsp3) is 0.167. The van der Waals surface area contributed by atoms with Crippen LogP contribution in [-0.2, 0) is 21.5 Å². The molecule has 0 aliphatic rings. The van der Waals surface area contributed by atoms with Crippen LogP contribution in [0.4, 0.5) is 0 Å². The van der Waals surface area contributed by atoms with Gasteiger partial charge in [0.15, 0.2) is 0 Å². The maximum absolute atomic E-state index is 2.35. The third kappa shape index (κ3) is 5.63. The first-order valence-corrected chi connectivity index (χ1v) is 5.80. The van der Waals surface area contributed by atoms with E-state index in [-0.39, 0.29) is 17.1 Å². The summed E-state index contributed by atoms with van der Waals surface area (Å²) in [5.74, 6) is 0. The van der Waals surface area contributed by atoms with Crippen LogP contribution in [0, 0.1) is 6.92 Å². The first kappa shape index (κ1) is 13.9. The molecule has 0 saturated carbocycles. The maximum Gasteiger partial charge on any atom is 0 e. The van der Waals surface area contributed by atoms with E-state index in [9.17, 15) is 0 Å². The summed E-state index contributed by atoms with van der Waals surface area (Å²) in [5, 5.41) is 0. The quantitative estimate of drug-likeness (QED) is 0.318. The second kappa shape index (κ2) is 8.27. The van der Waals surface area contributed by atoms with E-state index in [0.29, 0.717) is 0 Å². The summed E-state index contributed by atoms with van der Waals surface area (Å²) in [5.41, 5.74) is 2.76. The van der Waals surface area contributed by atoms with Crippen LogP contribution in [0.5, 0.6) is 0 Å². The number of aryl methyl sites for hydroxylation is 1. The van der Waals surface area contributed by atoms with Gasteiger partial charge in [-0.3, -0.25) is 0 Å². The van der Waals surface area contributed by atoms with Crippen LogP contribution < -0.4 is 0 Å². The molecule has 14 heavy (non-hydrogen) atoms. The van der Waals surface area contributed by atoms with Crippen LogP contribution in [-0.4, -0.2) is 0 Å². The Morgan fingerprint density at radius 3 is 1.86 bits per heavy atom. The Hall–Kier alpha value is -0.0505. The molecule has 0 saturated heterocycles. The van der Waals surface area contributed by atoms with Gasteiger partial charge in [0.25, 0.3) is 0 Å². The van der Waals surface area contributed by atoms with Crippen LogP contribution in [0.2, 0.25) is 0 Å². The molecule has 0 atom stereocenters. The molecule has 2 aromatic rings. The van der Waals surface area contributed by atoms with Crippen LogP contribution in [0.3, 0.4) is 0 Å². The molecule has 0 amide bonds. The molecule has 0 bridgehead atoms. The largest absolute Gasteiger partial charge is 0.748 e. The van der Waals surface area contributed by atoms with Gasteiger partial charge in [-0.1, -0.05) is 6.92 Å². The van der Waals surface area contributed by atoms with Gasteiger partial charge in [-0.2, -0.15) is 22.1 Å². The molecule has 82 valence electrons. The van der Waals surface area contributed by atoms with Gasteiger partial charge < -0.3 is 29.8 Å². The molecule has 0 radical (unpaired) electrons. The second-order valence-corrected chi connectivity index (χ2v) is 3.65. The molecule has 0 unspecified atom stereocenters. The molecular formula is C12H13FeI-6. The van der Waals surface area contributed by atoms with Crippen molar-refractivity contribution < 1.29 is 17.1 Å². The van der Waals surface area contributed by atoms with E-state index in [1.807, 2.05) is 12.1 Å². The van der Waals surface area contributed by atoms with Gasteiger partial charge in [0, 0.05) is 17.1 Å². The molecule has 0 spiro atoms. The van der Waals surface area contributed by atoms with Crippen molar-refractivity contribution in [1.82, 2.24) is 0 Å². The normalized spacial score (nSPS) is 8.43. The molecule has 0 heterocycles. The van der Waals surface area contributed by atoms with Gasteiger partial charge >= 0.3 is 0 Å². The van der Waals surface area contributed by atoms with Crippen molar-refractivity contribution in [2.75, 3.05) is 0 Å². The minimum absolute atomic E-state index is 0. The summed E-state index contributed by atoms with van der Waals surface area (Å²) in [6, 6.07) is 16.6. The second-order valence-electron chi connectivity index (χ2n) is 2.89. The Morgan fingerprint density at radius 1 is 1.14 bits per heavy atom. The van der Waals surface area contributed by atoms with E-state index in [0.717, 1.165) is 4.43 Å². The van der Waals surface area contributed by atoms with Crippen molar-refractivity contribution >= 4 is 22.6 Å². The van der Waals surface area contributed by atoms with Crippen molar-refractivity contribution in [2.24, 2.45) is 0 Å². The number of alkyl halides is 1. The molecule has 0 aliphatic heterocycles. The van der Waals surface area contributed by atoms with Crippen molar-refractivity contribution in [2.45, 2.75) is 11.4 Å². The maximum atomic E-state index is 2.35. The van der Waals surface area contributed by atoms with Gasteiger partial charge in [0.2, 0.25) is 0 Å². The monoisotopic (exact) mass is 340 g/mol. The van der Waals surface area contributed by atoms with Crippen molar-refractivity contribution in [1.29, 1.82) is 0 Å². The molecule has 0 aliphatic carbocycles. The number of halogens is 1. The Morgan fingerprint density at radius 2 is 1.64 bits per heavy atom. The first-order valence-electron chi connectivity index (χ1n) is 4.28. The molecule has 0 nitrogen and oxygen atoms in total. The predicted octanol–water partition coefficient (Wildman–Crippen LogP) is 4.05. The van der Waals surface area contributed by atoms with Crippen LogP contribution in [0.1, 0.15) is 11.1 Å².